The third-order valence-corrected chi connectivity index (χ3v) is 4.56. The van der Waals surface area contributed by atoms with Crippen LogP contribution >= 0.6 is 15.9 Å². The number of nitrogens with zero attached hydrogens (tertiary/aromatic N) is 4. The quantitative estimate of drug-likeness (QED) is 0.905. The van der Waals surface area contributed by atoms with Crippen molar-refractivity contribution in [3.8, 4) is 17.1 Å². The Morgan fingerprint density at radius 2 is 2.24 bits per heavy atom. The molecule has 1 fully saturated rings. The van der Waals surface area contributed by atoms with Gasteiger partial charge in [-0.25, -0.2) is 9.48 Å². The van der Waals surface area contributed by atoms with Crippen LogP contribution in [0.25, 0.3) is 11.4 Å². The van der Waals surface area contributed by atoms with Gasteiger partial charge >= 0.3 is 5.97 Å². The molecule has 110 valence electrons. The first-order valence-electron chi connectivity index (χ1n) is 6.45. The largest absolute Gasteiger partial charge is 0.497 e. The summed E-state index contributed by atoms with van der Waals surface area (Å²) in [6, 6.07) is 5.40. The number of aromatic nitrogens is 4. The number of tetrazole rings is 1. The molecule has 1 aliphatic rings. The second kappa shape index (κ2) is 5.10. The van der Waals surface area contributed by atoms with Gasteiger partial charge in [-0.1, -0.05) is 15.9 Å². The van der Waals surface area contributed by atoms with Crippen molar-refractivity contribution < 1.29 is 14.6 Å². The summed E-state index contributed by atoms with van der Waals surface area (Å²) in [7, 11) is 1.57. The highest BCUT2D eigenvalue weighted by Gasteiger charge is 2.49. The summed E-state index contributed by atoms with van der Waals surface area (Å²) in [4.78, 5) is 11.6. The average molecular weight is 353 g/mol. The zero-order valence-electron chi connectivity index (χ0n) is 11.3. The normalized spacial score (nSPS) is 16.3. The van der Waals surface area contributed by atoms with E-state index in [0.717, 1.165) is 10.9 Å². The first-order valence-corrected chi connectivity index (χ1v) is 7.24. The second-order valence-electron chi connectivity index (χ2n) is 4.95. The van der Waals surface area contributed by atoms with E-state index in [9.17, 15) is 9.90 Å². The van der Waals surface area contributed by atoms with Crippen LogP contribution in [-0.2, 0) is 10.3 Å². The maximum atomic E-state index is 11.6. The molecule has 1 saturated carbocycles. The van der Waals surface area contributed by atoms with Crippen LogP contribution < -0.4 is 4.74 Å². The van der Waals surface area contributed by atoms with E-state index in [1.165, 1.54) is 4.68 Å². The maximum absolute atomic E-state index is 11.6. The van der Waals surface area contributed by atoms with E-state index in [2.05, 4.69) is 31.5 Å². The number of hydrogen-bond donors (Lipinski definition) is 1. The lowest BCUT2D eigenvalue weighted by molar-refractivity contribution is -0.153. The van der Waals surface area contributed by atoms with Crippen LogP contribution in [0, 0.1) is 0 Å². The highest BCUT2D eigenvalue weighted by molar-refractivity contribution is 9.10. The molecule has 0 amide bonds. The Kier molecular flexibility index (Phi) is 3.40. The van der Waals surface area contributed by atoms with Crippen molar-refractivity contribution in [2.75, 3.05) is 7.11 Å². The molecule has 1 N–H and O–H groups in total. The van der Waals surface area contributed by atoms with Gasteiger partial charge in [0, 0.05) is 10.0 Å². The van der Waals surface area contributed by atoms with Crippen LogP contribution in [0.2, 0.25) is 0 Å². The number of rotatable bonds is 4. The van der Waals surface area contributed by atoms with E-state index in [1.807, 2.05) is 6.07 Å². The minimum Gasteiger partial charge on any atom is -0.497 e. The average Bonchev–Trinajstić information content (AvgIpc) is 2.87. The Bertz CT molecular complexity index is 696. The topological polar surface area (TPSA) is 90.1 Å². The Hall–Kier alpha value is -1.96. The van der Waals surface area contributed by atoms with Crippen LogP contribution in [0.3, 0.4) is 0 Å². The van der Waals surface area contributed by atoms with Crippen LogP contribution in [0.15, 0.2) is 22.7 Å². The molecular formula is C13H13BrN4O3. The lowest BCUT2D eigenvalue weighted by atomic mass is 9.76. The van der Waals surface area contributed by atoms with E-state index in [-0.39, 0.29) is 0 Å². The van der Waals surface area contributed by atoms with Gasteiger partial charge in [0.25, 0.3) is 0 Å². The lowest BCUT2D eigenvalue weighted by Gasteiger charge is -2.37. The van der Waals surface area contributed by atoms with Gasteiger partial charge in [0.1, 0.15) is 5.75 Å². The zero-order chi connectivity index (χ0) is 15.0. The monoisotopic (exact) mass is 352 g/mol. The van der Waals surface area contributed by atoms with Crippen LogP contribution in [0.1, 0.15) is 19.3 Å². The number of hydrogen-bond acceptors (Lipinski definition) is 5. The van der Waals surface area contributed by atoms with Gasteiger partial charge < -0.3 is 9.84 Å². The number of ether oxygens (including phenoxy) is 1. The third-order valence-electron chi connectivity index (χ3n) is 3.87. The molecule has 21 heavy (non-hydrogen) atoms. The van der Waals surface area contributed by atoms with E-state index in [4.69, 9.17) is 4.74 Å². The highest BCUT2D eigenvalue weighted by atomic mass is 79.9. The summed E-state index contributed by atoms with van der Waals surface area (Å²) in [5.41, 5.74) is -0.340. The zero-order valence-corrected chi connectivity index (χ0v) is 12.9. The molecule has 0 unspecified atom stereocenters. The van der Waals surface area contributed by atoms with Crippen molar-refractivity contribution in [3.05, 3.63) is 22.7 Å². The fourth-order valence-electron chi connectivity index (χ4n) is 2.47. The molecule has 1 aliphatic carbocycles. The predicted molar refractivity (Wildman–Crippen MR) is 77.0 cm³/mol. The Morgan fingerprint density at radius 3 is 2.81 bits per heavy atom. The molecule has 0 spiro atoms. The molecule has 0 aliphatic heterocycles. The number of carboxylic acid groups (broad SMARTS) is 1. The van der Waals surface area contributed by atoms with Gasteiger partial charge in [-0.15, -0.1) is 5.10 Å². The Morgan fingerprint density at radius 1 is 1.48 bits per heavy atom. The summed E-state index contributed by atoms with van der Waals surface area (Å²) >= 11 is 3.45. The molecule has 1 aromatic carbocycles. The Labute approximate surface area is 129 Å². The molecule has 0 radical (unpaired) electrons. The number of carboxylic acids is 1. The number of aliphatic carboxylic acids is 1. The van der Waals surface area contributed by atoms with Crippen molar-refractivity contribution in [2.45, 2.75) is 24.8 Å². The minimum absolute atomic E-state index is 0.419. The summed E-state index contributed by atoms with van der Waals surface area (Å²) in [6.45, 7) is 0. The van der Waals surface area contributed by atoms with Gasteiger partial charge in [-0.05, 0) is 47.9 Å². The molecule has 0 saturated heterocycles. The standard InChI is InChI=1S/C13H13BrN4O3/c1-21-8-3-4-10(14)9(7-8)11-15-16-17-18(11)13(12(19)20)5-2-6-13/h3-4,7H,2,5-6H2,1H3,(H,19,20). The molecule has 0 bridgehead atoms. The predicted octanol–water partition coefficient (Wildman–Crippen LogP) is 2.07. The van der Waals surface area contributed by atoms with Gasteiger partial charge in [-0.2, -0.15) is 0 Å². The van der Waals surface area contributed by atoms with Crippen molar-refractivity contribution in [2.24, 2.45) is 0 Å². The highest BCUT2D eigenvalue weighted by Crippen LogP contribution is 2.42. The summed E-state index contributed by atoms with van der Waals surface area (Å²) < 4.78 is 7.40. The molecular weight excluding hydrogens is 340 g/mol. The summed E-state index contributed by atoms with van der Waals surface area (Å²) in [5.74, 6) is 0.171. The molecule has 7 nitrogen and oxygen atoms in total. The van der Waals surface area contributed by atoms with Crippen LogP contribution in [0.4, 0.5) is 0 Å². The van der Waals surface area contributed by atoms with Crippen molar-refractivity contribution in [3.63, 3.8) is 0 Å². The van der Waals surface area contributed by atoms with Crippen LogP contribution in [0.5, 0.6) is 5.75 Å². The van der Waals surface area contributed by atoms with E-state index in [1.54, 1.807) is 19.2 Å². The number of methoxy groups -OCH3 is 1. The van der Waals surface area contributed by atoms with Crippen molar-refractivity contribution in [1.29, 1.82) is 0 Å². The maximum Gasteiger partial charge on any atom is 0.331 e. The lowest BCUT2D eigenvalue weighted by Crippen LogP contribution is -2.48. The van der Waals surface area contributed by atoms with Gasteiger partial charge in [-0.3, -0.25) is 0 Å². The number of benzene rings is 1. The molecule has 3 rings (SSSR count). The molecule has 1 aromatic heterocycles. The smallest absolute Gasteiger partial charge is 0.331 e. The number of carbonyl (C=O) groups is 1. The van der Waals surface area contributed by atoms with Gasteiger partial charge in [0.05, 0.1) is 7.11 Å². The first kappa shape index (κ1) is 14.0. The third kappa shape index (κ3) is 2.10. The molecule has 2 aromatic rings. The summed E-state index contributed by atoms with van der Waals surface area (Å²) in [6.07, 6.45) is 1.91. The van der Waals surface area contributed by atoms with E-state index < -0.39 is 11.5 Å². The molecule has 8 heteroatoms. The van der Waals surface area contributed by atoms with Crippen molar-refractivity contribution >= 4 is 21.9 Å². The summed E-state index contributed by atoms with van der Waals surface area (Å²) in [5, 5.41) is 21.1. The van der Waals surface area contributed by atoms with Gasteiger partial charge in [0.2, 0.25) is 0 Å². The fraction of sp³-hybridized carbons (Fsp3) is 0.385. The van der Waals surface area contributed by atoms with Crippen molar-refractivity contribution in [1.82, 2.24) is 20.2 Å². The second-order valence-corrected chi connectivity index (χ2v) is 5.80. The molecule has 1 heterocycles. The first-order chi connectivity index (χ1) is 10.1. The van der Waals surface area contributed by atoms with E-state index >= 15 is 0 Å². The number of halogens is 1. The van der Waals surface area contributed by atoms with Gasteiger partial charge in [0.15, 0.2) is 11.4 Å². The minimum atomic E-state index is -1.04. The SMILES string of the molecule is COc1ccc(Br)c(-c2nnnn2C2(C(=O)O)CCC2)c1. The molecule has 0 atom stereocenters. The van der Waals surface area contributed by atoms with Crippen LogP contribution in [-0.4, -0.2) is 38.4 Å². The Balaban J connectivity index is 2.14. The fourth-order valence-corrected chi connectivity index (χ4v) is 2.90. The van der Waals surface area contributed by atoms with E-state index in [0.29, 0.717) is 30.0 Å².